The van der Waals surface area contributed by atoms with Gasteiger partial charge in [-0.1, -0.05) is 15.9 Å². The Hall–Kier alpha value is -1.23. The Balaban J connectivity index is 1.48. The number of carbonyl (C=O) groups is 1. The van der Waals surface area contributed by atoms with Crippen molar-refractivity contribution in [1.29, 1.82) is 0 Å². The molecular formula is C20H26BrNO3. The fourth-order valence-corrected chi connectivity index (χ4v) is 7.48. The van der Waals surface area contributed by atoms with Crippen molar-refractivity contribution in [2.45, 2.75) is 49.3 Å². The van der Waals surface area contributed by atoms with E-state index in [2.05, 4.69) is 21.2 Å². The van der Waals surface area contributed by atoms with Crippen molar-refractivity contribution >= 4 is 27.5 Å². The first kappa shape index (κ1) is 17.2. The van der Waals surface area contributed by atoms with Crippen LogP contribution in [-0.2, 0) is 4.79 Å². The van der Waals surface area contributed by atoms with Gasteiger partial charge in [-0.05, 0) is 55.8 Å². The predicted molar refractivity (Wildman–Crippen MR) is 102 cm³/mol. The van der Waals surface area contributed by atoms with E-state index in [1.807, 2.05) is 18.2 Å². The zero-order valence-electron chi connectivity index (χ0n) is 14.9. The lowest BCUT2D eigenvalue weighted by atomic mass is 9.48. The van der Waals surface area contributed by atoms with Crippen LogP contribution >= 0.6 is 15.9 Å². The van der Waals surface area contributed by atoms with Crippen molar-refractivity contribution in [3.8, 4) is 11.5 Å². The quantitative estimate of drug-likeness (QED) is 0.715. The van der Waals surface area contributed by atoms with Crippen LogP contribution in [0, 0.1) is 17.3 Å². The Bertz CT molecular complexity index is 653. The van der Waals surface area contributed by atoms with Gasteiger partial charge in [-0.2, -0.15) is 0 Å². The summed E-state index contributed by atoms with van der Waals surface area (Å²) in [5.41, 5.74) is 0.917. The van der Waals surface area contributed by atoms with Crippen molar-refractivity contribution in [3.63, 3.8) is 0 Å². The predicted octanol–water partition coefficient (Wildman–Crippen LogP) is 4.77. The number of rotatable bonds is 5. The second-order valence-electron chi connectivity index (χ2n) is 8.44. The van der Waals surface area contributed by atoms with Gasteiger partial charge >= 0.3 is 0 Å². The molecule has 4 bridgehead atoms. The van der Waals surface area contributed by atoms with Gasteiger partial charge in [0.25, 0.3) is 0 Å². The van der Waals surface area contributed by atoms with E-state index in [1.54, 1.807) is 14.2 Å². The average molecular weight is 408 g/mol. The van der Waals surface area contributed by atoms with Crippen molar-refractivity contribution in [2.24, 2.45) is 17.3 Å². The molecule has 0 radical (unpaired) electrons. The Morgan fingerprint density at radius 1 is 1.12 bits per heavy atom. The number of benzene rings is 1. The molecule has 4 fully saturated rings. The molecule has 1 N–H and O–H groups in total. The lowest BCUT2D eigenvalue weighted by molar-refractivity contribution is -0.123. The van der Waals surface area contributed by atoms with Gasteiger partial charge in [0.05, 0.1) is 14.2 Å². The van der Waals surface area contributed by atoms with Crippen molar-refractivity contribution < 1.29 is 14.3 Å². The second kappa shape index (κ2) is 6.19. The number of halogens is 1. The average Bonchev–Trinajstić information content (AvgIpc) is 2.51. The van der Waals surface area contributed by atoms with Crippen LogP contribution in [0.1, 0.15) is 44.9 Å². The van der Waals surface area contributed by atoms with E-state index < -0.39 is 0 Å². The Kier molecular flexibility index (Phi) is 4.25. The number of amides is 1. The van der Waals surface area contributed by atoms with Gasteiger partial charge in [0.15, 0.2) is 0 Å². The van der Waals surface area contributed by atoms with Gasteiger partial charge < -0.3 is 14.8 Å². The van der Waals surface area contributed by atoms with E-state index in [9.17, 15) is 4.79 Å². The van der Waals surface area contributed by atoms with Gasteiger partial charge in [0.1, 0.15) is 11.5 Å². The molecular weight excluding hydrogens is 382 g/mol. The Labute approximate surface area is 157 Å². The molecule has 1 aromatic rings. The summed E-state index contributed by atoms with van der Waals surface area (Å²) in [6.07, 6.45) is 8.13. The maximum atomic E-state index is 12.8. The van der Waals surface area contributed by atoms with Gasteiger partial charge in [0.2, 0.25) is 5.91 Å². The molecule has 25 heavy (non-hydrogen) atoms. The Morgan fingerprint density at radius 3 is 2.24 bits per heavy atom. The first-order chi connectivity index (χ1) is 11.9. The van der Waals surface area contributed by atoms with Crippen LogP contribution in [0.4, 0.5) is 5.69 Å². The van der Waals surface area contributed by atoms with E-state index in [-0.39, 0.29) is 15.6 Å². The normalized spacial score (nSPS) is 35.5. The minimum atomic E-state index is 0.105. The van der Waals surface area contributed by atoms with Crippen molar-refractivity contribution in [1.82, 2.24) is 0 Å². The summed E-state index contributed by atoms with van der Waals surface area (Å²) < 4.78 is 10.9. The molecule has 4 nitrogen and oxygen atoms in total. The molecule has 0 saturated heterocycles. The van der Waals surface area contributed by atoms with Crippen LogP contribution in [0.2, 0.25) is 0 Å². The van der Waals surface area contributed by atoms with E-state index in [0.717, 1.165) is 23.9 Å². The highest BCUT2D eigenvalue weighted by Gasteiger charge is 2.57. The smallest absolute Gasteiger partial charge is 0.224 e. The van der Waals surface area contributed by atoms with Gasteiger partial charge in [0, 0.05) is 34.6 Å². The number of nitrogens with one attached hydrogen (secondary N) is 1. The van der Waals surface area contributed by atoms with Crippen LogP contribution in [0.5, 0.6) is 11.5 Å². The van der Waals surface area contributed by atoms with E-state index in [1.165, 1.54) is 32.1 Å². The summed E-state index contributed by atoms with van der Waals surface area (Å²) in [5, 5.41) is 3.06. The van der Waals surface area contributed by atoms with E-state index in [0.29, 0.717) is 17.9 Å². The van der Waals surface area contributed by atoms with Crippen LogP contribution in [0.25, 0.3) is 0 Å². The Morgan fingerprint density at radius 2 is 1.72 bits per heavy atom. The molecule has 0 aliphatic heterocycles. The molecule has 5 heteroatoms. The van der Waals surface area contributed by atoms with Crippen LogP contribution in [-0.4, -0.2) is 24.5 Å². The summed E-state index contributed by atoms with van der Waals surface area (Å²) in [4.78, 5) is 12.8. The van der Waals surface area contributed by atoms with Crippen LogP contribution in [0.15, 0.2) is 18.2 Å². The first-order valence-corrected chi connectivity index (χ1v) is 9.92. The van der Waals surface area contributed by atoms with Crippen LogP contribution < -0.4 is 14.8 Å². The molecule has 0 spiro atoms. The summed E-state index contributed by atoms with van der Waals surface area (Å²) in [6, 6.07) is 5.49. The molecule has 4 aliphatic carbocycles. The van der Waals surface area contributed by atoms with Crippen LogP contribution in [0.3, 0.4) is 0 Å². The minimum Gasteiger partial charge on any atom is -0.497 e. The zero-order chi connectivity index (χ0) is 17.7. The summed E-state index contributed by atoms with van der Waals surface area (Å²) in [6.45, 7) is 0. The molecule has 1 amide bonds. The second-order valence-corrected chi connectivity index (χ2v) is 10.1. The number of methoxy groups -OCH3 is 2. The van der Waals surface area contributed by atoms with Gasteiger partial charge in [-0.15, -0.1) is 0 Å². The molecule has 4 aliphatic rings. The first-order valence-electron chi connectivity index (χ1n) is 9.13. The monoisotopic (exact) mass is 407 g/mol. The highest BCUT2D eigenvalue weighted by molar-refractivity contribution is 9.10. The van der Waals surface area contributed by atoms with Crippen molar-refractivity contribution in [3.05, 3.63) is 18.2 Å². The van der Waals surface area contributed by atoms with E-state index >= 15 is 0 Å². The number of alkyl halides is 1. The number of ether oxygens (including phenoxy) is 2. The molecule has 0 heterocycles. The molecule has 5 rings (SSSR count). The lowest BCUT2D eigenvalue weighted by Gasteiger charge is -2.60. The lowest BCUT2D eigenvalue weighted by Crippen LogP contribution is -2.53. The molecule has 4 saturated carbocycles. The fraction of sp³-hybridized carbons (Fsp3) is 0.650. The fourth-order valence-electron chi connectivity index (χ4n) is 5.97. The summed E-state index contributed by atoms with van der Waals surface area (Å²) >= 11 is 4.02. The number of hydrogen-bond acceptors (Lipinski definition) is 3. The topological polar surface area (TPSA) is 47.6 Å². The zero-order valence-corrected chi connectivity index (χ0v) is 16.5. The highest BCUT2D eigenvalue weighted by atomic mass is 79.9. The van der Waals surface area contributed by atoms with Gasteiger partial charge in [-0.25, -0.2) is 0 Å². The largest absolute Gasteiger partial charge is 0.497 e. The molecule has 1 aromatic carbocycles. The third kappa shape index (κ3) is 3.40. The third-order valence-corrected chi connectivity index (χ3v) is 7.21. The molecule has 136 valence electrons. The molecule has 2 atom stereocenters. The van der Waals surface area contributed by atoms with Gasteiger partial charge in [-0.3, -0.25) is 4.79 Å². The van der Waals surface area contributed by atoms with E-state index in [4.69, 9.17) is 9.47 Å². The summed E-state index contributed by atoms with van der Waals surface area (Å²) in [7, 11) is 3.23. The minimum absolute atomic E-state index is 0.105. The number of hydrogen-bond donors (Lipinski definition) is 1. The molecule has 0 aromatic heterocycles. The maximum Gasteiger partial charge on any atom is 0.224 e. The number of anilines is 1. The highest BCUT2D eigenvalue weighted by Crippen LogP contribution is 2.65. The maximum absolute atomic E-state index is 12.8. The number of carbonyl (C=O) groups excluding carboxylic acids is 1. The SMILES string of the molecule is COc1cc(NC(=O)CC23CC4CC(CC(Br)(C4)C2)C3)cc(OC)c1. The molecule has 2 unspecified atom stereocenters. The van der Waals surface area contributed by atoms with Crippen molar-refractivity contribution in [2.75, 3.05) is 19.5 Å². The summed E-state index contributed by atoms with van der Waals surface area (Å²) in [5.74, 6) is 3.07. The standard InChI is InChI=1S/C20H26BrNO3/c1-24-16-4-15(5-17(6-16)25-2)22-18(23)11-19-7-13-3-14(8-19)10-20(21,9-13)12-19/h4-6,13-14H,3,7-12H2,1-2H3,(H,22,23). The third-order valence-electron chi connectivity index (χ3n) is 6.28.